The summed E-state index contributed by atoms with van der Waals surface area (Å²) in [5.41, 5.74) is 1.09. The number of hydrogen-bond acceptors (Lipinski definition) is 7. The van der Waals surface area contributed by atoms with Gasteiger partial charge >= 0.3 is 0 Å². The van der Waals surface area contributed by atoms with Gasteiger partial charge in [0.1, 0.15) is 17.3 Å². The summed E-state index contributed by atoms with van der Waals surface area (Å²) in [6.45, 7) is 3.92. The molecule has 0 saturated heterocycles. The fourth-order valence-electron chi connectivity index (χ4n) is 2.97. The predicted octanol–water partition coefficient (Wildman–Crippen LogP) is 4.04. The molecule has 1 amide bonds. The molecule has 0 saturated carbocycles. The largest absolute Gasteiger partial charge is 0.497 e. The van der Waals surface area contributed by atoms with Crippen molar-refractivity contribution in [1.29, 1.82) is 0 Å². The molecule has 160 valence electrons. The maximum atomic E-state index is 12.2. The number of unbranched alkanes of at least 4 members (excludes halogenated alkanes) is 1. The number of rotatable bonds is 12. The molecule has 0 radical (unpaired) electrons. The Morgan fingerprint density at radius 1 is 1.30 bits per heavy atom. The van der Waals surface area contributed by atoms with E-state index in [4.69, 9.17) is 14.1 Å². The lowest BCUT2D eigenvalue weighted by atomic mass is 10.1. The Bertz CT molecular complexity index is 911. The number of anilines is 1. The number of nitrogens with zero attached hydrogens (tertiary/aromatic N) is 3. The van der Waals surface area contributed by atoms with Crippen molar-refractivity contribution in [3.8, 4) is 5.75 Å². The highest BCUT2D eigenvalue weighted by Crippen LogP contribution is 2.22. The Balaban J connectivity index is 1.66. The normalized spacial score (nSPS) is 10.7. The number of nitrogens with one attached hydrogen (secondary N) is 1. The zero-order chi connectivity index (χ0) is 21.2. The molecule has 0 aliphatic heterocycles. The maximum absolute atomic E-state index is 12.2. The second kappa shape index (κ2) is 11.3. The molecule has 0 aliphatic carbocycles. The van der Waals surface area contributed by atoms with Gasteiger partial charge in [-0.3, -0.25) is 4.79 Å². The van der Waals surface area contributed by atoms with Gasteiger partial charge in [0.05, 0.1) is 19.9 Å². The molecule has 2 aromatic heterocycles. The fourth-order valence-corrected chi connectivity index (χ4v) is 3.68. The van der Waals surface area contributed by atoms with Gasteiger partial charge in [-0.25, -0.2) is 4.98 Å². The molecule has 2 heterocycles. The molecule has 0 aliphatic rings. The zero-order valence-corrected chi connectivity index (χ0v) is 18.3. The van der Waals surface area contributed by atoms with Crippen molar-refractivity contribution in [3.05, 3.63) is 59.8 Å². The molecule has 30 heavy (non-hydrogen) atoms. The summed E-state index contributed by atoms with van der Waals surface area (Å²) in [6, 6.07) is 11.7. The summed E-state index contributed by atoms with van der Waals surface area (Å²) >= 11 is 1.34. The highest BCUT2D eigenvalue weighted by molar-refractivity contribution is 7.09. The van der Waals surface area contributed by atoms with Crippen LogP contribution in [0.2, 0.25) is 0 Å². The first-order valence-corrected chi connectivity index (χ1v) is 10.9. The van der Waals surface area contributed by atoms with Gasteiger partial charge in [-0.1, -0.05) is 25.5 Å². The van der Waals surface area contributed by atoms with Crippen LogP contribution in [0.3, 0.4) is 0 Å². The van der Waals surface area contributed by atoms with Crippen LogP contribution in [-0.4, -0.2) is 35.5 Å². The van der Waals surface area contributed by atoms with Crippen LogP contribution in [0.25, 0.3) is 0 Å². The molecule has 0 atom stereocenters. The van der Waals surface area contributed by atoms with E-state index in [1.54, 1.807) is 13.4 Å². The van der Waals surface area contributed by atoms with Gasteiger partial charge in [-0.2, -0.15) is 4.37 Å². The average Bonchev–Trinajstić information content (AvgIpc) is 3.43. The number of ether oxygens (including phenoxy) is 1. The molecule has 1 N–H and O–H groups in total. The molecule has 0 spiro atoms. The summed E-state index contributed by atoms with van der Waals surface area (Å²) in [5, 5.41) is 3.75. The SMILES string of the molecule is CCCCNC(=O)CCN(Cc1ccco1)c1nc(Cc2cccc(OC)c2)ns1. The minimum absolute atomic E-state index is 0.0500. The first-order valence-electron chi connectivity index (χ1n) is 10.2. The van der Waals surface area contributed by atoms with Crippen molar-refractivity contribution in [2.45, 2.75) is 39.2 Å². The predicted molar refractivity (Wildman–Crippen MR) is 118 cm³/mol. The second-order valence-corrected chi connectivity index (χ2v) is 7.71. The van der Waals surface area contributed by atoms with Crippen LogP contribution in [0.15, 0.2) is 47.1 Å². The Morgan fingerprint density at radius 3 is 2.97 bits per heavy atom. The molecule has 0 bridgehead atoms. The van der Waals surface area contributed by atoms with E-state index < -0.39 is 0 Å². The third-order valence-corrected chi connectivity index (χ3v) is 5.43. The van der Waals surface area contributed by atoms with Crippen molar-refractivity contribution in [2.24, 2.45) is 0 Å². The molecule has 3 aromatic rings. The molecule has 0 unspecified atom stereocenters. The van der Waals surface area contributed by atoms with E-state index in [2.05, 4.69) is 16.6 Å². The fraction of sp³-hybridized carbons (Fsp3) is 0.409. The minimum Gasteiger partial charge on any atom is -0.497 e. The molecule has 7 nitrogen and oxygen atoms in total. The van der Waals surface area contributed by atoms with E-state index in [0.717, 1.165) is 47.4 Å². The summed E-state index contributed by atoms with van der Waals surface area (Å²) in [6.07, 6.45) is 4.73. The van der Waals surface area contributed by atoms with E-state index in [1.165, 1.54) is 11.5 Å². The topological polar surface area (TPSA) is 80.5 Å². The van der Waals surface area contributed by atoms with Gasteiger partial charge in [0.25, 0.3) is 0 Å². The molecular formula is C22H28N4O3S. The van der Waals surface area contributed by atoms with Crippen molar-refractivity contribution >= 4 is 22.6 Å². The van der Waals surface area contributed by atoms with Crippen LogP contribution < -0.4 is 15.0 Å². The first kappa shape index (κ1) is 21.8. The molecule has 3 rings (SSSR count). The van der Waals surface area contributed by atoms with Gasteiger partial charge in [0.15, 0.2) is 0 Å². The lowest BCUT2D eigenvalue weighted by Gasteiger charge is -2.20. The highest BCUT2D eigenvalue weighted by Gasteiger charge is 2.16. The number of methoxy groups -OCH3 is 1. The quantitative estimate of drug-likeness (QED) is 0.439. The zero-order valence-electron chi connectivity index (χ0n) is 17.5. The number of carbonyl (C=O) groups is 1. The van der Waals surface area contributed by atoms with E-state index in [9.17, 15) is 4.79 Å². The maximum Gasteiger partial charge on any atom is 0.221 e. The lowest BCUT2D eigenvalue weighted by Crippen LogP contribution is -2.31. The van der Waals surface area contributed by atoms with E-state index in [-0.39, 0.29) is 5.91 Å². The summed E-state index contributed by atoms with van der Waals surface area (Å²) in [7, 11) is 1.66. The Labute approximate surface area is 181 Å². The van der Waals surface area contributed by atoms with Crippen LogP contribution in [0.1, 0.15) is 43.3 Å². The number of benzene rings is 1. The van der Waals surface area contributed by atoms with Crippen molar-refractivity contribution in [3.63, 3.8) is 0 Å². The third-order valence-electron chi connectivity index (χ3n) is 4.61. The third kappa shape index (κ3) is 6.59. The van der Waals surface area contributed by atoms with Crippen LogP contribution in [0, 0.1) is 0 Å². The number of amides is 1. The van der Waals surface area contributed by atoms with Gasteiger partial charge < -0.3 is 19.4 Å². The Hall–Kier alpha value is -2.87. The molecule has 0 fully saturated rings. The first-order chi connectivity index (χ1) is 14.7. The van der Waals surface area contributed by atoms with Crippen LogP contribution in [0.5, 0.6) is 5.75 Å². The molecule has 8 heteroatoms. The standard InChI is InChI=1S/C22H28N4O3S/c1-3-4-11-23-21(27)10-12-26(16-19-9-6-13-29-19)22-24-20(25-30-22)15-17-7-5-8-18(14-17)28-2/h5-9,13-14H,3-4,10-12,15-16H2,1-2H3,(H,23,27). The number of aromatic nitrogens is 2. The number of carbonyl (C=O) groups excluding carboxylic acids is 1. The van der Waals surface area contributed by atoms with Gasteiger partial charge in [0, 0.05) is 37.5 Å². The van der Waals surface area contributed by atoms with E-state index in [0.29, 0.717) is 25.9 Å². The van der Waals surface area contributed by atoms with E-state index >= 15 is 0 Å². The monoisotopic (exact) mass is 428 g/mol. The lowest BCUT2D eigenvalue weighted by molar-refractivity contribution is -0.120. The number of furan rings is 1. The van der Waals surface area contributed by atoms with Crippen molar-refractivity contribution in [1.82, 2.24) is 14.7 Å². The van der Waals surface area contributed by atoms with E-state index in [1.807, 2.05) is 41.3 Å². The van der Waals surface area contributed by atoms with Crippen LogP contribution in [-0.2, 0) is 17.8 Å². The summed E-state index contributed by atoms with van der Waals surface area (Å²) in [5.74, 6) is 2.44. The molecule has 1 aromatic carbocycles. The highest BCUT2D eigenvalue weighted by atomic mass is 32.1. The smallest absolute Gasteiger partial charge is 0.221 e. The van der Waals surface area contributed by atoms with Gasteiger partial charge in [-0.15, -0.1) is 0 Å². The van der Waals surface area contributed by atoms with Gasteiger partial charge in [-0.05, 0) is 36.2 Å². The second-order valence-electron chi connectivity index (χ2n) is 6.98. The van der Waals surface area contributed by atoms with Gasteiger partial charge in [0.2, 0.25) is 11.0 Å². The summed E-state index contributed by atoms with van der Waals surface area (Å²) < 4.78 is 15.3. The Morgan fingerprint density at radius 2 is 2.20 bits per heavy atom. The Kier molecular flexibility index (Phi) is 8.26. The minimum atomic E-state index is 0.0500. The van der Waals surface area contributed by atoms with Crippen LogP contribution in [0.4, 0.5) is 5.13 Å². The van der Waals surface area contributed by atoms with Crippen molar-refractivity contribution in [2.75, 3.05) is 25.1 Å². The van der Waals surface area contributed by atoms with Crippen molar-refractivity contribution < 1.29 is 13.9 Å². The molecular weight excluding hydrogens is 400 g/mol. The average molecular weight is 429 g/mol. The summed E-state index contributed by atoms with van der Waals surface area (Å²) in [4.78, 5) is 18.9. The van der Waals surface area contributed by atoms with Crippen LogP contribution >= 0.6 is 11.5 Å². The number of hydrogen-bond donors (Lipinski definition) is 1.